The molecule has 30 heavy (non-hydrogen) atoms. The summed E-state index contributed by atoms with van der Waals surface area (Å²) < 4.78 is 1.97. The first kappa shape index (κ1) is 18.9. The lowest BCUT2D eigenvalue weighted by molar-refractivity contribution is 0.0821. The van der Waals surface area contributed by atoms with Crippen molar-refractivity contribution in [3.8, 4) is 11.8 Å². The summed E-state index contributed by atoms with van der Waals surface area (Å²) in [5.74, 6) is 0.895. The Hall–Kier alpha value is -3.10. The molecule has 5 rings (SSSR count). The minimum atomic E-state index is -1.13. The Labute approximate surface area is 180 Å². The molecule has 0 spiro atoms. The van der Waals surface area contributed by atoms with E-state index in [-0.39, 0.29) is 11.8 Å². The van der Waals surface area contributed by atoms with Crippen LogP contribution in [-0.2, 0) is 6.42 Å². The van der Waals surface area contributed by atoms with Crippen molar-refractivity contribution in [2.24, 2.45) is 5.41 Å². The number of rotatable bonds is 3. The Bertz CT molecular complexity index is 1160. The van der Waals surface area contributed by atoms with Gasteiger partial charge in [-0.3, -0.25) is 4.79 Å². The fraction of sp³-hybridized carbons (Fsp3) is 0.292. The van der Waals surface area contributed by atoms with Gasteiger partial charge < -0.3 is 4.90 Å². The van der Waals surface area contributed by atoms with Gasteiger partial charge in [-0.1, -0.05) is 29.8 Å². The molecule has 0 N–H and O–H groups in total. The zero-order chi connectivity index (χ0) is 20.9. The molecule has 1 fully saturated rings. The second kappa shape index (κ2) is 7.00. The number of benzene rings is 2. The second-order valence-electron chi connectivity index (χ2n) is 8.08. The van der Waals surface area contributed by atoms with Gasteiger partial charge in [0.15, 0.2) is 5.78 Å². The molecule has 1 saturated heterocycles. The number of carbonyl (C=O) groups excluding carboxylic acids is 1. The van der Waals surface area contributed by atoms with E-state index in [0.717, 1.165) is 42.1 Å². The lowest BCUT2D eigenvalue weighted by atomic mass is 9.68. The molecule has 3 aromatic rings. The first-order valence-corrected chi connectivity index (χ1v) is 10.5. The van der Waals surface area contributed by atoms with Crippen LogP contribution in [0.15, 0.2) is 54.6 Å². The monoisotopic (exact) mass is 416 g/mol. The van der Waals surface area contributed by atoms with Crippen molar-refractivity contribution >= 4 is 23.2 Å². The summed E-state index contributed by atoms with van der Waals surface area (Å²) in [5, 5.41) is 15.7. The molecular formula is C24H21ClN4O. The molecule has 1 aromatic heterocycles. The summed E-state index contributed by atoms with van der Waals surface area (Å²) >= 11 is 6.01. The van der Waals surface area contributed by atoms with Gasteiger partial charge in [0.1, 0.15) is 11.2 Å². The van der Waals surface area contributed by atoms with Gasteiger partial charge in [-0.2, -0.15) is 10.4 Å². The van der Waals surface area contributed by atoms with Crippen molar-refractivity contribution in [1.29, 1.82) is 5.26 Å². The van der Waals surface area contributed by atoms with Crippen molar-refractivity contribution in [2.75, 3.05) is 11.4 Å². The van der Waals surface area contributed by atoms with Crippen molar-refractivity contribution in [3.05, 3.63) is 76.4 Å². The number of carbonyl (C=O) groups is 1. The van der Waals surface area contributed by atoms with E-state index >= 15 is 0 Å². The largest absolute Gasteiger partial charge is 0.351 e. The number of halogens is 1. The van der Waals surface area contributed by atoms with Gasteiger partial charge in [0.05, 0.1) is 23.5 Å². The number of fused-ring (bicyclic) bond motifs is 3. The highest BCUT2D eigenvalue weighted by atomic mass is 35.5. The molecule has 0 aliphatic carbocycles. The van der Waals surface area contributed by atoms with Crippen LogP contribution in [0.1, 0.15) is 34.5 Å². The molecule has 2 atom stereocenters. The molecule has 0 bridgehead atoms. The maximum absolute atomic E-state index is 13.7. The average Bonchev–Trinajstić information content (AvgIpc) is 3.39. The summed E-state index contributed by atoms with van der Waals surface area (Å²) in [7, 11) is 0. The summed E-state index contributed by atoms with van der Waals surface area (Å²) in [6.45, 7) is 2.77. The van der Waals surface area contributed by atoms with E-state index in [1.807, 2.05) is 41.9 Å². The molecule has 0 radical (unpaired) electrons. The van der Waals surface area contributed by atoms with E-state index in [0.29, 0.717) is 17.0 Å². The standard InChI is InChI=1S/C24H21ClN4O/c1-16-20-14-24(15-26,22(30)17-9-11-18(25)12-10-17)21-8-5-13-28(21)23(20)29(27-16)19-6-3-2-4-7-19/h2-4,6-7,9-12,21H,5,8,13-14H2,1H3/t21-,24-/m0/s1. The molecule has 0 amide bonds. The highest BCUT2D eigenvalue weighted by Gasteiger charge is 2.55. The van der Waals surface area contributed by atoms with Gasteiger partial charge in [0.25, 0.3) is 0 Å². The molecule has 0 unspecified atom stereocenters. The number of Topliss-reactive ketones (excluding diaryl/α,β-unsaturated/α-hetero) is 1. The van der Waals surface area contributed by atoms with E-state index in [4.69, 9.17) is 16.7 Å². The lowest BCUT2D eigenvalue weighted by Gasteiger charge is -2.42. The fourth-order valence-corrected chi connectivity index (χ4v) is 5.11. The van der Waals surface area contributed by atoms with Crippen LogP contribution in [0.25, 0.3) is 5.69 Å². The zero-order valence-electron chi connectivity index (χ0n) is 16.7. The summed E-state index contributed by atoms with van der Waals surface area (Å²) in [6.07, 6.45) is 2.13. The molecule has 150 valence electrons. The molecule has 2 aliphatic heterocycles. The number of nitriles is 1. The van der Waals surface area contributed by atoms with Gasteiger partial charge in [0.2, 0.25) is 0 Å². The number of para-hydroxylation sites is 1. The first-order chi connectivity index (χ1) is 14.5. The number of ketones is 1. The highest BCUT2D eigenvalue weighted by molar-refractivity contribution is 6.30. The van der Waals surface area contributed by atoms with Crippen LogP contribution < -0.4 is 4.90 Å². The third-order valence-electron chi connectivity index (χ3n) is 6.42. The van der Waals surface area contributed by atoms with Gasteiger partial charge >= 0.3 is 0 Å². The minimum absolute atomic E-state index is 0.129. The predicted molar refractivity (Wildman–Crippen MR) is 116 cm³/mol. The quantitative estimate of drug-likeness (QED) is 0.578. The molecule has 2 aliphatic rings. The van der Waals surface area contributed by atoms with Crippen LogP contribution in [0.2, 0.25) is 5.02 Å². The highest BCUT2D eigenvalue weighted by Crippen LogP contribution is 2.48. The van der Waals surface area contributed by atoms with Gasteiger partial charge in [-0.25, -0.2) is 4.68 Å². The van der Waals surface area contributed by atoms with E-state index in [9.17, 15) is 10.1 Å². The third kappa shape index (κ3) is 2.68. The Balaban J connectivity index is 1.66. The van der Waals surface area contributed by atoms with Crippen LogP contribution >= 0.6 is 11.6 Å². The molecule has 3 heterocycles. The topological polar surface area (TPSA) is 61.9 Å². The Morgan fingerprint density at radius 1 is 1.20 bits per heavy atom. The number of hydrogen-bond donors (Lipinski definition) is 0. The smallest absolute Gasteiger partial charge is 0.185 e. The molecule has 6 heteroatoms. The second-order valence-corrected chi connectivity index (χ2v) is 8.52. The Morgan fingerprint density at radius 3 is 2.63 bits per heavy atom. The fourth-order valence-electron chi connectivity index (χ4n) is 4.98. The summed E-state index contributed by atoms with van der Waals surface area (Å²) in [5.41, 5.74) is 2.24. The molecule has 5 nitrogen and oxygen atoms in total. The van der Waals surface area contributed by atoms with Crippen molar-refractivity contribution in [1.82, 2.24) is 9.78 Å². The van der Waals surface area contributed by atoms with E-state index in [2.05, 4.69) is 11.0 Å². The van der Waals surface area contributed by atoms with Crippen molar-refractivity contribution in [2.45, 2.75) is 32.2 Å². The predicted octanol–water partition coefficient (Wildman–Crippen LogP) is 4.75. The van der Waals surface area contributed by atoms with Crippen LogP contribution in [0.4, 0.5) is 5.82 Å². The third-order valence-corrected chi connectivity index (χ3v) is 6.67. The van der Waals surface area contributed by atoms with Crippen LogP contribution in [-0.4, -0.2) is 28.2 Å². The number of nitrogens with zero attached hydrogens (tertiary/aromatic N) is 4. The molecule has 0 saturated carbocycles. The van der Waals surface area contributed by atoms with Gasteiger partial charge in [-0.05, 0) is 56.2 Å². The number of anilines is 1. The van der Waals surface area contributed by atoms with Crippen LogP contribution in [0.5, 0.6) is 0 Å². The molecule has 2 aromatic carbocycles. The van der Waals surface area contributed by atoms with Crippen molar-refractivity contribution < 1.29 is 4.79 Å². The zero-order valence-corrected chi connectivity index (χ0v) is 17.4. The van der Waals surface area contributed by atoms with Crippen LogP contribution in [0, 0.1) is 23.7 Å². The maximum atomic E-state index is 13.7. The SMILES string of the molecule is Cc1nn(-c2ccccc2)c2c1C[C@@](C#N)(C(=O)c1ccc(Cl)cc1)[C@@H]1CCCN21. The van der Waals surface area contributed by atoms with E-state index in [1.165, 1.54) is 0 Å². The summed E-state index contributed by atoms with van der Waals surface area (Å²) in [6, 6.07) is 19.2. The van der Waals surface area contributed by atoms with Gasteiger partial charge in [0, 0.05) is 29.1 Å². The number of aromatic nitrogens is 2. The van der Waals surface area contributed by atoms with E-state index in [1.54, 1.807) is 24.3 Å². The Morgan fingerprint density at radius 2 is 1.93 bits per heavy atom. The number of aryl methyl sites for hydroxylation is 1. The number of hydrogen-bond acceptors (Lipinski definition) is 4. The summed E-state index contributed by atoms with van der Waals surface area (Å²) in [4.78, 5) is 15.9. The first-order valence-electron chi connectivity index (χ1n) is 10.2. The van der Waals surface area contributed by atoms with Gasteiger partial charge in [-0.15, -0.1) is 0 Å². The molecular weight excluding hydrogens is 396 g/mol. The normalized spacial score (nSPS) is 22.3. The van der Waals surface area contributed by atoms with E-state index < -0.39 is 5.41 Å². The van der Waals surface area contributed by atoms with Crippen molar-refractivity contribution in [3.63, 3.8) is 0 Å². The lowest BCUT2D eigenvalue weighted by Crippen LogP contribution is -2.53. The van der Waals surface area contributed by atoms with Crippen LogP contribution in [0.3, 0.4) is 0 Å². The average molecular weight is 417 g/mol. The maximum Gasteiger partial charge on any atom is 0.185 e. The minimum Gasteiger partial charge on any atom is -0.351 e. The Kier molecular flexibility index (Phi) is 4.41.